The van der Waals surface area contributed by atoms with E-state index in [0.717, 1.165) is 5.52 Å². The number of hydrogen-bond donors (Lipinski definition) is 2. The molecule has 1 aromatic heterocycles. The number of aromatic nitrogens is 2. The van der Waals surface area contributed by atoms with Crippen molar-refractivity contribution in [1.82, 2.24) is 9.97 Å². The first-order chi connectivity index (χ1) is 9.79. The first-order valence-electron chi connectivity index (χ1n) is 8.05. The van der Waals surface area contributed by atoms with E-state index < -0.39 is 0 Å². The van der Waals surface area contributed by atoms with Crippen LogP contribution in [-0.2, 0) is 0 Å². The van der Waals surface area contributed by atoms with Gasteiger partial charge in [-0.25, -0.2) is 4.98 Å². The molecule has 0 saturated heterocycles. The van der Waals surface area contributed by atoms with E-state index in [1.807, 2.05) is 0 Å². The van der Waals surface area contributed by atoms with Crippen LogP contribution < -0.4 is 5.73 Å². The highest BCUT2D eigenvalue weighted by Crippen LogP contribution is 2.37. The van der Waals surface area contributed by atoms with Crippen LogP contribution in [0.4, 0.5) is 0 Å². The first kappa shape index (κ1) is 12.4. The van der Waals surface area contributed by atoms with Gasteiger partial charge in [-0.05, 0) is 62.1 Å². The number of aromatic amines is 1. The summed E-state index contributed by atoms with van der Waals surface area (Å²) in [4.78, 5) is 8.31. The van der Waals surface area contributed by atoms with Crippen molar-refractivity contribution < 1.29 is 0 Å². The minimum absolute atomic E-state index is 0.423. The Kier molecular flexibility index (Phi) is 3.03. The van der Waals surface area contributed by atoms with Crippen molar-refractivity contribution in [3.05, 3.63) is 29.6 Å². The lowest BCUT2D eigenvalue weighted by Crippen LogP contribution is -2.25. The second kappa shape index (κ2) is 4.88. The molecule has 4 rings (SSSR count). The van der Waals surface area contributed by atoms with Gasteiger partial charge in [-0.15, -0.1) is 0 Å². The minimum atomic E-state index is 0.423. The average Bonchev–Trinajstić information content (AvgIpc) is 2.79. The number of benzene rings is 1. The van der Waals surface area contributed by atoms with E-state index in [2.05, 4.69) is 23.2 Å². The second-order valence-corrected chi connectivity index (χ2v) is 6.64. The lowest BCUT2D eigenvalue weighted by molar-refractivity contribution is 0.396. The number of fused-ring (bicyclic) bond motifs is 1. The Labute approximate surface area is 120 Å². The zero-order chi connectivity index (χ0) is 13.5. The summed E-state index contributed by atoms with van der Waals surface area (Å²) in [5.41, 5.74) is 9.82. The number of nitrogens with two attached hydrogens (primary N) is 1. The molecule has 2 aliphatic carbocycles. The van der Waals surface area contributed by atoms with Crippen LogP contribution in [0, 0.1) is 0 Å². The van der Waals surface area contributed by atoms with E-state index in [-0.39, 0.29) is 0 Å². The van der Waals surface area contributed by atoms with Crippen molar-refractivity contribution >= 4 is 11.0 Å². The van der Waals surface area contributed by atoms with Gasteiger partial charge in [0.25, 0.3) is 0 Å². The molecule has 0 unspecified atom stereocenters. The van der Waals surface area contributed by atoms with Gasteiger partial charge in [-0.1, -0.05) is 12.5 Å². The molecule has 2 aliphatic rings. The summed E-state index contributed by atoms with van der Waals surface area (Å²) in [5.74, 6) is 2.57. The maximum Gasteiger partial charge on any atom is 0.110 e. The molecule has 2 saturated carbocycles. The number of rotatable bonds is 2. The number of H-pyrrole nitrogens is 1. The van der Waals surface area contributed by atoms with Crippen molar-refractivity contribution in [2.75, 3.05) is 0 Å². The highest BCUT2D eigenvalue weighted by Gasteiger charge is 2.23. The Morgan fingerprint density at radius 3 is 2.50 bits per heavy atom. The lowest BCUT2D eigenvalue weighted by atomic mass is 9.82. The van der Waals surface area contributed by atoms with E-state index in [4.69, 9.17) is 10.7 Å². The van der Waals surface area contributed by atoms with Crippen LogP contribution in [-0.4, -0.2) is 16.0 Å². The van der Waals surface area contributed by atoms with Gasteiger partial charge < -0.3 is 10.7 Å². The molecular formula is C17H23N3. The van der Waals surface area contributed by atoms with E-state index in [9.17, 15) is 0 Å². The topological polar surface area (TPSA) is 54.7 Å². The van der Waals surface area contributed by atoms with Gasteiger partial charge in [0.15, 0.2) is 0 Å². The summed E-state index contributed by atoms with van der Waals surface area (Å²) >= 11 is 0. The molecule has 0 aliphatic heterocycles. The molecular weight excluding hydrogens is 246 g/mol. The molecule has 20 heavy (non-hydrogen) atoms. The van der Waals surface area contributed by atoms with Crippen LogP contribution in [0.15, 0.2) is 18.2 Å². The predicted molar refractivity (Wildman–Crippen MR) is 81.9 cm³/mol. The molecule has 106 valence electrons. The van der Waals surface area contributed by atoms with Gasteiger partial charge in [-0.2, -0.15) is 0 Å². The Bertz CT molecular complexity index is 604. The van der Waals surface area contributed by atoms with Gasteiger partial charge in [0, 0.05) is 12.0 Å². The van der Waals surface area contributed by atoms with Gasteiger partial charge >= 0.3 is 0 Å². The van der Waals surface area contributed by atoms with E-state index in [1.165, 1.54) is 61.9 Å². The molecule has 0 radical (unpaired) electrons. The highest BCUT2D eigenvalue weighted by molar-refractivity contribution is 5.76. The molecule has 3 heteroatoms. The Balaban J connectivity index is 1.61. The third-order valence-electron chi connectivity index (χ3n) is 5.26. The zero-order valence-corrected chi connectivity index (χ0v) is 11.9. The van der Waals surface area contributed by atoms with Crippen LogP contribution in [0.5, 0.6) is 0 Å². The van der Waals surface area contributed by atoms with E-state index in [0.29, 0.717) is 17.9 Å². The normalized spacial score (nSPS) is 27.6. The quantitative estimate of drug-likeness (QED) is 0.871. The number of nitrogens with one attached hydrogen (secondary N) is 1. The van der Waals surface area contributed by atoms with Crippen molar-refractivity contribution in [3.8, 4) is 0 Å². The van der Waals surface area contributed by atoms with Crippen LogP contribution >= 0.6 is 0 Å². The summed E-state index contributed by atoms with van der Waals surface area (Å²) < 4.78 is 0. The molecule has 0 spiro atoms. The fourth-order valence-electron chi connectivity index (χ4n) is 3.63. The molecule has 2 aromatic rings. The SMILES string of the molecule is NC1CCC(c2ccc3nc(C4CCC4)[nH]c3c2)CC1. The molecule has 0 atom stereocenters. The maximum absolute atomic E-state index is 6.01. The number of imidazole rings is 1. The largest absolute Gasteiger partial charge is 0.342 e. The molecule has 1 aromatic carbocycles. The summed E-state index contributed by atoms with van der Waals surface area (Å²) in [7, 11) is 0. The average molecular weight is 269 g/mol. The van der Waals surface area contributed by atoms with Crippen molar-refractivity contribution in [1.29, 1.82) is 0 Å². The van der Waals surface area contributed by atoms with Crippen molar-refractivity contribution in [2.24, 2.45) is 5.73 Å². The van der Waals surface area contributed by atoms with Crippen molar-refractivity contribution in [3.63, 3.8) is 0 Å². The lowest BCUT2D eigenvalue weighted by Gasteiger charge is -2.26. The fourth-order valence-corrected chi connectivity index (χ4v) is 3.63. The third kappa shape index (κ3) is 2.14. The molecule has 3 N–H and O–H groups in total. The van der Waals surface area contributed by atoms with Gasteiger partial charge in [0.05, 0.1) is 11.0 Å². The smallest absolute Gasteiger partial charge is 0.110 e. The highest BCUT2D eigenvalue weighted by atomic mass is 14.9. The van der Waals surface area contributed by atoms with Crippen molar-refractivity contribution in [2.45, 2.75) is 62.8 Å². The van der Waals surface area contributed by atoms with E-state index >= 15 is 0 Å². The molecule has 3 nitrogen and oxygen atoms in total. The van der Waals surface area contributed by atoms with Gasteiger partial charge in [0.1, 0.15) is 5.82 Å². The minimum Gasteiger partial charge on any atom is -0.342 e. The molecule has 0 bridgehead atoms. The molecule has 1 heterocycles. The summed E-state index contributed by atoms with van der Waals surface area (Å²) in [6.45, 7) is 0. The van der Waals surface area contributed by atoms with Crippen LogP contribution in [0.3, 0.4) is 0 Å². The summed E-state index contributed by atoms with van der Waals surface area (Å²) in [5, 5.41) is 0. The van der Waals surface area contributed by atoms with Crippen LogP contribution in [0.2, 0.25) is 0 Å². The van der Waals surface area contributed by atoms with Gasteiger partial charge in [-0.3, -0.25) is 0 Å². The van der Waals surface area contributed by atoms with Crippen LogP contribution in [0.25, 0.3) is 11.0 Å². The molecule has 0 amide bonds. The van der Waals surface area contributed by atoms with Crippen LogP contribution in [0.1, 0.15) is 68.2 Å². The summed E-state index contributed by atoms with van der Waals surface area (Å²) in [6, 6.07) is 7.21. The zero-order valence-electron chi connectivity index (χ0n) is 11.9. The van der Waals surface area contributed by atoms with E-state index in [1.54, 1.807) is 0 Å². The standard InChI is InChI=1S/C17H23N3/c18-14-7-4-11(5-8-14)13-6-9-15-16(10-13)20-17(19-15)12-2-1-3-12/h6,9-12,14H,1-5,7-8,18H2,(H,19,20). The Morgan fingerprint density at radius 2 is 1.80 bits per heavy atom. The predicted octanol–water partition coefficient (Wildman–Crippen LogP) is 3.82. The second-order valence-electron chi connectivity index (χ2n) is 6.64. The Hall–Kier alpha value is -1.35. The summed E-state index contributed by atoms with van der Waals surface area (Å²) in [6.07, 6.45) is 8.75. The maximum atomic E-state index is 6.01. The number of nitrogens with zero attached hydrogens (tertiary/aromatic N) is 1. The Morgan fingerprint density at radius 1 is 1.00 bits per heavy atom. The first-order valence-corrected chi connectivity index (χ1v) is 8.05. The number of hydrogen-bond acceptors (Lipinski definition) is 2. The molecule has 2 fully saturated rings. The fraction of sp³-hybridized carbons (Fsp3) is 0.588. The van der Waals surface area contributed by atoms with Gasteiger partial charge in [0.2, 0.25) is 0 Å². The monoisotopic (exact) mass is 269 g/mol. The third-order valence-corrected chi connectivity index (χ3v) is 5.26.